The molecule has 14 rings (SSSR count). The van der Waals surface area contributed by atoms with E-state index in [9.17, 15) is 0 Å². The quantitative estimate of drug-likeness (QED) is 0.160. The number of benzene rings is 10. The van der Waals surface area contributed by atoms with Crippen LogP contribution in [0.15, 0.2) is 224 Å². The van der Waals surface area contributed by atoms with Gasteiger partial charge in [-0.25, -0.2) is 9.97 Å². The average Bonchev–Trinajstić information content (AvgIpc) is 4.07. The molecular formula is C68H49N5. The number of rotatable bonds is 7. The van der Waals surface area contributed by atoms with Gasteiger partial charge in [-0.05, 0) is 140 Å². The molecule has 0 unspecified atom stereocenters. The highest BCUT2D eigenvalue weighted by molar-refractivity contribution is 6.14. The Balaban J connectivity index is 0.916. The first kappa shape index (κ1) is 42.5. The Morgan fingerprint density at radius 2 is 0.699 bits per heavy atom. The van der Waals surface area contributed by atoms with Crippen molar-refractivity contribution in [3.8, 4) is 62.1 Å². The predicted molar refractivity (Wildman–Crippen MR) is 306 cm³/mol. The molecule has 4 aromatic heterocycles. The molecule has 0 fully saturated rings. The molecule has 14 aromatic rings. The lowest BCUT2D eigenvalue weighted by molar-refractivity contribution is 1.13. The van der Waals surface area contributed by atoms with E-state index in [0.717, 1.165) is 56.4 Å². The molecule has 73 heavy (non-hydrogen) atoms. The number of hydrogen-bond acceptors (Lipinski definition) is 2. The summed E-state index contributed by atoms with van der Waals surface area (Å²) in [6.07, 6.45) is 0. The number of aryl methyl sites for hydroxylation is 4. The Labute approximate surface area is 423 Å². The van der Waals surface area contributed by atoms with Crippen molar-refractivity contribution in [2.75, 3.05) is 0 Å². The summed E-state index contributed by atoms with van der Waals surface area (Å²) in [6, 6.07) is 81.7. The zero-order chi connectivity index (χ0) is 48.9. The molecular weight excluding hydrogens is 887 g/mol. The van der Waals surface area contributed by atoms with Gasteiger partial charge in [0, 0.05) is 66.1 Å². The summed E-state index contributed by atoms with van der Waals surface area (Å²) in [5, 5.41) is 7.42. The van der Waals surface area contributed by atoms with Crippen molar-refractivity contribution in [3.05, 3.63) is 247 Å². The second kappa shape index (κ2) is 16.6. The Bertz CT molecular complexity index is 4200. The molecule has 0 saturated carbocycles. The normalized spacial score (nSPS) is 11.8. The lowest BCUT2D eigenvalue weighted by atomic mass is 9.95. The molecule has 346 valence electrons. The van der Waals surface area contributed by atoms with Crippen LogP contribution < -0.4 is 0 Å². The van der Waals surface area contributed by atoms with Crippen LogP contribution in [0.2, 0.25) is 0 Å². The van der Waals surface area contributed by atoms with Crippen molar-refractivity contribution in [1.82, 2.24) is 23.7 Å². The van der Waals surface area contributed by atoms with Crippen LogP contribution in [0, 0.1) is 27.7 Å². The summed E-state index contributed by atoms with van der Waals surface area (Å²) in [6.45, 7) is 8.76. The third-order valence-electron chi connectivity index (χ3n) is 15.2. The van der Waals surface area contributed by atoms with Crippen LogP contribution in [0.1, 0.15) is 22.3 Å². The number of para-hydroxylation sites is 4. The predicted octanol–water partition coefficient (Wildman–Crippen LogP) is 17.7. The molecule has 5 nitrogen and oxygen atoms in total. The molecule has 0 aliphatic heterocycles. The van der Waals surface area contributed by atoms with Gasteiger partial charge >= 0.3 is 0 Å². The molecule has 0 N–H and O–H groups in total. The standard InChI is InChI=1S/C68H49N5/c1-42-17-5-7-19-50(42)60-41-59(69-68(70-60)51-20-8-6-18-43(51)2)47-31-29-46(30-32-47)56-37-45(4)67(38-44(56)3)73-65-35-33-48(71-61-25-13-9-21-52(61)53-22-10-14-26-62(53)71)39-57(65)58-40-49(34-36-66(58)73)72-63-27-15-11-23-54(63)55-24-12-16-28-64(55)72/h5-41H,1-4H3. The van der Waals surface area contributed by atoms with Gasteiger partial charge in [-0.2, -0.15) is 0 Å². The van der Waals surface area contributed by atoms with Crippen LogP contribution in [0.5, 0.6) is 0 Å². The maximum Gasteiger partial charge on any atom is 0.160 e. The van der Waals surface area contributed by atoms with Gasteiger partial charge in [0.2, 0.25) is 0 Å². The van der Waals surface area contributed by atoms with Crippen LogP contribution in [-0.2, 0) is 0 Å². The highest BCUT2D eigenvalue weighted by Crippen LogP contribution is 2.41. The number of fused-ring (bicyclic) bond motifs is 9. The van der Waals surface area contributed by atoms with Gasteiger partial charge in [-0.1, -0.05) is 146 Å². The van der Waals surface area contributed by atoms with Crippen LogP contribution in [0.3, 0.4) is 0 Å². The van der Waals surface area contributed by atoms with Crippen molar-refractivity contribution in [1.29, 1.82) is 0 Å². The molecule has 5 heteroatoms. The van der Waals surface area contributed by atoms with Crippen LogP contribution >= 0.6 is 0 Å². The molecule has 0 aliphatic carbocycles. The van der Waals surface area contributed by atoms with Gasteiger partial charge in [0.1, 0.15) is 0 Å². The van der Waals surface area contributed by atoms with E-state index in [1.807, 2.05) is 0 Å². The minimum absolute atomic E-state index is 0.732. The maximum absolute atomic E-state index is 5.19. The molecule has 0 radical (unpaired) electrons. The third-order valence-corrected chi connectivity index (χ3v) is 15.2. The van der Waals surface area contributed by atoms with E-state index in [0.29, 0.717) is 0 Å². The molecule has 10 aromatic carbocycles. The Morgan fingerprint density at radius 1 is 0.274 bits per heavy atom. The molecule has 4 heterocycles. The lowest BCUT2D eigenvalue weighted by Crippen LogP contribution is -2.00. The second-order valence-electron chi connectivity index (χ2n) is 19.6. The number of aromatic nitrogens is 5. The van der Waals surface area contributed by atoms with Gasteiger partial charge in [0.05, 0.1) is 44.5 Å². The first-order valence-corrected chi connectivity index (χ1v) is 25.2. The Hall–Kier alpha value is -9.32. The van der Waals surface area contributed by atoms with Gasteiger partial charge in [0.25, 0.3) is 0 Å². The van der Waals surface area contributed by atoms with E-state index in [2.05, 4.69) is 266 Å². The van der Waals surface area contributed by atoms with E-state index in [1.165, 1.54) is 93.4 Å². The molecule has 0 amide bonds. The summed E-state index contributed by atoms with van der Waals surface area (Å²) in [7, 11) is 0. The summed E-state index contributed by atoms with van der Waals surface area (Å²) < 4.78 is 7.34. The van der Waals surface area contributed by atoms with Crippen molar-refractivity contribution in [3.63, 3.8) is 0 Å². The lowest BCUT2D eigenvalue weighted by Gasteiger charge is -2.17. The van der Waals surface area contributed by atoms with Crippen molar-refractivity contribution < 1.29 is 0 Å². The average molecular weight is 936 g/mol. The van der Waals surface area contributed by atoms with Crippen molar-refractivity contribution in [2.45, 2.75) is 27.7 Å². The van der Waals surface area contributed by atoms with E-state index in [1.54, 1.807) is 0 Å². The minimum atomic E-state index is 0.732. The van der Waals surface area contributed by atoms with Crippen LogP contribution in [0.25, 0.3) is 128 Å². The molecule has 0 atom stereocenters. The van der Waals surface area contributed by atoms with E-state index in [4.69, 9.17) is 9.97 Å². The first-order chi connectivity index (χ1) is 35.9. The zero-order valence-electron chi connectivity index (χ0n) is 41.1. The fourth-order valence-corrected chi connectivity index (χ4v) is 11.6. The van der Waals surface area contributed by atoms with Gasteiger partial charge in [-0.15, -0.1) is 0 Å². The fourth-order valence-electron chi connectivity index (χ4n) is 11.6. The summed E-state index contributed by atoms with van der Waals surface area (Å²) in [4.78, 5) is 10.3. The summed E-state index contributed by atoms with van der Waals surface area (Å²) in [5.41, 5.74) is 22.7. The number of nitrogens with zero attached hydrogens (tertiary/aromatic N) is 5. The highest BCUT2D eigenvalue weighted by atomic mass is 15.0. The van der Waals surface area contributed by atoms with Gasteiger partial charge < -0.3 is 13.7 Å². The van der Waals surface area contributed by atoms with Crippen molar-refractivity contribution in [2.24, 2.45) is 0 Å². The SMILES string of the molecule is Cc1cc(-n2c3ccc(-n4c5ccccc5c5ccccc54)cc3c3cc(-n4c5ccccc5c5ccccc54)ccc32)c(C)cc1-c1ccc(-c2cc(-c3ccccc3C)nc(-c3ccccc3C)n2)cc1. The fraction of sp³-hybridized carbons (Fsp3) is 0.0588. The molecule has 0 spiro atoms. The maximum atomic E-state index is 5.19. The van der Waals surface area contributed by atoms with E-state index >= 15 is 0 Å². The Morgan fingerprint density at radius 3 is 1.21 bits per heavy atom. The molecule has 0 aliphatic rings. The first-order valence-electron chi connectivity index (χ1n) is 25.2. The topological polar surface area (TPSA) is 40.6 Å². The monoisotopic (exact) mass is 935 g/mol. The smallest absolute Gasteiger partial charge is 0.160 e. The van der Waals surface area contributed by atoms with Crippen molar-refractivity contribution >= 4 is 65.4 Å². The van der Waals surface area contributed by atoms with Gasteiger partial charge in [-0.3, -0.25) is 0 Å². The summed E-state index contributed by atoms with van der Waals surface area (Å²) in [5.74, 6) is 0.732. The molecule has 0 bridgehead atoms. The van der Waals surface area contributed by atoms with Crippen LogP contribution in [0.4, 0.5) is 0 Å². The zero-order valence-corrected chi connectivity index (χ0v) is 41.1. The summed E-state index contributed by atoms with van der Waals surface area (Å²) >= 11 is 0. The minimum Gasteiger partial charge on any atom is -0.309 e. The third kappa shape index (κ3) is 6.77. The van der Waals surface area contributed by atoms with E-state index in [-0.39, 0.29) is 0 Å². The number of hydrogen-bond donors (Lipinski definition) is 0. The van der Waals surface area contributed by atoms with Gasteiger partial charge in [0.15, 0.2) is 5.82 Å². The largest absolute Gasteiger partial charge is 0.309 e. The second-order valence-corrected chi connectivity index (χ2v) is 19.6. The Kier molecular flexibility index (Phi) is 9.70. The van der Waals surface area contributed by atoms with E-state index < -0.39 is 0 Å². The molecule has 0 saturated heterocycles. The van der Waals surface area contributed by atoms with Crippen LogP contribution in [-0.4, -0.2) is 23.7 Å². The highest BCUT2D eigenvalue weighted by Gasteiger charge is 2.21.